The molecule has 0 saturated carbocycles. The van der Waals surface area contributed by atoms with Crippen LogP contribution in [0.1, 0.15) is 12.5 Å². The summed E-state index contributed by atoms with van der Waals surface area (Å²) in [7, 11) is 3.08. The minimum Gasteiger partial charge on any atom is -0.493 e. The van der Waals surface area contributed by atoms with Gasteiger partial charge in [0.15, 0.2) is 11.5 Å². The number of carbonyl (C=O) groups excluding carboxylic acids is 2. The van der Waals surface area contributed by atoms with Crippen LogP contribution < -0.4 is 24.8 Å². The van der Waals surface area contributed by atoms with Crippen LogP contribution in [0, 0.1) is 0 Å². The molecule has 8 heteroatoms. The van der Waals surface area contributed by atoms with Gasteiger partial charge >= 0.3 is 0 Å². The first kappa shape index (κ1) is 18.8. The molecule has 2 N–H and O–H groups in total. The molecule has 2 amide bonds. The van der Waals surface area contributed by atoms with Crippen LogP contribution in [-0.2, 0) is 16.1 Å². The van der Waals surface area contributed by atoms with E-state index in [0.717, 1.165) is 5.56 Å². The standard InChI is InChI=1S/C19H19ClN2O5/c1-19(18(24)22-13-9-12(20)5-7-14(13)27-19)17(23)21-10-11-4-6-15(25-2)16(8-11)26-3/h4-9H,10H2,1-3H3,(H,21,23)(H,22,24). The monoisotopic (exact) mass is 390 g/mol. The maximum absolute atomic E-state index is 12.7. The number of carbonyl (C=O) groups is 2. The number of nitrogens with one attached hydrogen (secondary N) is 2. The molecule has 1 atom stereocenters. The maximum Gasteiger partial charge on any atom is 0.278 e. The van der Waals surface area contributed by atoms with E-state index in [1.54, 1.807) is 43.5 Å². The van der Waals surface area contributed by atoms with E-state index in [4.69, 9.17) is 25.8 Å². The number of amides is 2. The zero-order chi connectivity index (χ0) is 19.6. The first-order chi connectivity index (χ1) is 12.9. The molecule has 3 rings (SSSR count). The van der Waals surface area contributed by atoms with Crippen molar-refractivity contribution in [2.45, 2.75) is 19.1 Å². The topological polar surface area (TPSA) is 85.9 Å². The molecule has 0 bridgehead atoms. The van der Waals surface area contributed by atoms with Crippen LogP contribution in [0.4, 0.5) is 5.69 Å². The highest BCUT2D eigenvalue weighted by Crippen LogP contribution is 2.35. The minimum atomic E-state index is -1.70. The van der Waals surface area contributed by atoms with Gasteiger partial charge < -0.3 is 24.8 Å². The molecule has 0 aliphatic carbocycles. The Morgan fingerprint density at radius 2 is 1.93 bits per heavy atom. The number of fused-ring (bicyclic) bond motifs is 1. The number of methoxy groups -OCH3 is 2. The smallest absolute Gasteiger partial charge is 0.278 e. The van der Waals surface area contributed by atoms with Gasteiger partial charge in [0.05, 0.1) is 19.9 Å². The molecule has 0 saturated heterocycles. The lowest BCUT2D eigenvalue weighted by Crippen LogP contribution is -2.58. The highest BCUT2D eigenvalue weighted by Gasteiger charge is 2.47. The van der Waals surface area contributed by atoms with Crippen molar-refractivity contribution in [1.82, 2.24) is 5.32 Å². The van der Waals surface area contributed by atoms with Crippen LogP contribution in [0.25, 0.3) is 0 Å². The number of halogens is 1. The summed E-state index contributed by atoms with van der Waals surface area (Å²) in [6.07, 6.45) is 0. The van der Waals surface area contributed by atoms with Gasteiger partial charge in [0.2, 0.25) is 0 Å². The zero-order valence-electron chi connectivity index (χ0n) is 15.1. The summed E-state index contributed by atoms with van der Waals surface area (Å²) >= 11 is 5.92. The Hall–Kier alpha value is -2.93. The Kier molecular flexibility index (Phi) is 5.14. The van der Waals surface area contributed by atoms with Gasteiger partial charge in [0.1, 0.15) is 5.75 Å². The Morgan fingerprint density at radius 3 is 2.63 bits per heavy atom. The van der Waals surface area contributed by atoms with E-state index < -0.39 is 17.4 Å². The van der Waals surface area contributed by atoms with Gasteiger partial charge in [0, 0.05) is 11.6 Å². The number of hydrogen-bond acceptors (Lipinski definition) is 5. The predicted octanol–water partition coefficient (Wildman–Crippen LogP) is 2.76. The SMILES string of the molecule is COc1ccc(CNC(=O)C2(C)Oc3ccc(Cl)cc3NC2=O)cc1OC. The van der Waals surface area contributed by atoms with E-state index >= 15 is 0 Å². The summed E-state index contributed by atoms with van der Waals surface area (Å²) in [6, 6.07) is 10.1. The minimum absolute atomic E-state index is 0.193. The Balaban J connectivity index is 1.74. The molecule has 0 radical (unpaired) electrons. The summed E-state index contributed by atoms with van der Waals surface area (Å²) in [5.74, 6) is 0.387. The van der Waals surface area contributed by atoms with E-state index in [-0.39, 0.29) is 6.54 Å². The van der Waals surface area contributed by atoms with Crippen LogP contribution >= 0.6 is 11.6 Å². The van der Waals surface area contributed by atoms with Gasteiger partial charge in [0.25, 0.3) is 17.4 Å². The summed E-state index contributed by atoms with van der Waals surface area (Å²) in [6.45, 7) is 1.61. The van der Waals surface area contributed by atoms with Crippen molar-refractivity contribution in [1.29, 1.82) is 0 Å². The molecular weight excluding hydrogens is 372 g/mol. The largest absolute Gasteiger partial charge is 0.493 e. The summed E-state index contributed by atoms with van der Waals surface area (Å²) in [5.41, 5.74) is -0.483. The molecule has 142 valence electrons. The molecule has 2 aromatic rings. The second kappa shape index (κ2) is 7.36. The molecule has 0 spiro atoms. The summed E-state index contributed by atoms with van der Waals surface area (Å²) in [4.78, 5) is 25.1. The van der Waals surface area contributed by atoms with Crippen molar-refractivity contribution in [2.75, 3.05) is 19.5 Å². The van der Waals surface area contributed by atoms with Gasteiger partial charge in [-0.3, -0.25) is 9.59 Å². The van der Waals surface area contributed by atoms with E-state index in [2.05, 4.69) is 10.6 Å². The molecule has 1 aliphatic heterocycles. The third-order valence-corrected chi connectivity index (χ3v) is 4.51. The Labute approximate surface area is 161 Å². The molecule has 0 fully saturated rings. The third-order valence-electron chi connectivity index (χ3n) is 4.27. The van der Waals surface area contributed by atoms with Gasteiger partial charge in [-0.15, -0.1) is 0 Å². The van der Waals surface area contributed by atoms with Crippen LogP contribution in [0.3, 0.4) is 0 Å². The number of rotatable bonds is 5. The highest BCUT2D eigenvalue weighted by atomic mass is 35.5. The van der Waals surface area contributed by atoms with Gasteiger partial charge in [-0.25, -0.2) is 0 Å². The zero-order valence-corrected chi connectivity index (χ0v) is 15.8. The van der Waals surface area contributed by atoms with Gasteiger partial charge in [-0.2, -0.15) is 0 Å². The fraction of sp³-hybridized carbons (Fsp3) is 0.263. The molecule has 27 heavy (non-hydrogen) atoms. The fourth-order valence-corrected chi connectivity index (χ4v) is 2.86. The van der Waals surface area contributed by atoms with Crippen LogP contribution in [0.2, 0.25) is 5.02 Å². The molecule has 1 unspecified atom stereocenters. The van der Waals surface area contributed by atoms with E-state index in [1.165, 1.54) is 14.0 Å². The van der Waals surface area contributed by atoms with Crippen molar-refractivity contribution in [3.8, 4) is 17.2 Å². The Morgan fingerprint density at radius 1 is 1.19 bits per heavy atom. The average molecular weight is 391 g/mol. The van der Waals surface area contributed by atoms with Crippen LogP contribution in [0.15, 0.2) is 36.4 Å². The molecule has 7 nitrogen and oxygen atoms in total. The summed E-state index contributed by atoms with van der Waals surface area (Å²) in [5, 5.41) is 5.84. The second-order valence-electron chi connectivity index (χ2n) is 6.10. The first-order valence-electron chi connectivity index (χ1n) is 8.16. The molecule has 1 aliphatic rings. The summed E-state index contributed by atoms with van der Waals surface area (Å²) < 4.78 is 16.1. The van der Waals surface area contributed by atoms with Crippen molar-refractivity contribution in [2.24, 2.45) is 0 Å². The lowest BCUT2D eigenvalue weighted by molar-refractivity contribution is -0.146. The fourth-order valence-electron chi connectivity index (χ4n) is 2.69. The van der Waals surface area contributed by atoms with Crippen molar-refractivity contribution < 1.29 is 23.8 Å². The quantitative estimate of drug-likeness (QED) is 0.767. The lowest BCUT2D eigenvalue weighted by atomic mass is 10.0. The van der Waals surface area contributed by atoms with Crippen molar-refractivity contribution in [3.63, 3.8) is 0 Å². The van der Waals surface area contributed by atoms with Crippen LogP contribution in [0.5, 0.6) is 17.2 Å². The Bertz CT molecular complexity index is 902. The number of ether oxygens (including phenoxy) is 3. The molecule has 2 aromatic carbocycles. The third kappa shape index (κ3) is 3.64. The predicted molar refractivity (Wildman–Crippen MR) is 101 cm³/mol. The normalized spacial score (nSPS) is 18.0. The highest BCUT2D eigenvalue weighted by molar-refractivity contribution is 6.31. The van der Waals surface area contributed by atoms with E-state index in [9.17, 15) is 9.59 Å². The van der Waals surface area contributed by atoms with Gasteiger partial charge in [-0.05, 0) is 42.8 Å². The molecule has 1 heterocycles. The first-order valence-corrected chi connectivity index (χ1v) is 8.54. The van der Waals surface area contributed by atoms with Crippen LogP contribution in [-0.4, -0.2) is 31.6 Å². The average Bonchev–Trinajstić information content (AvgIpc) is 2.67. The van der Waals surface area contributed by atoms with Crippen molar-refractivity contribution >= 4 is 29.1 Å². The van der Waals surface area contributed by atoms with E-state index in [0.29, 0.717) is 28.0 Å². The number of hydrogen-bond donors (Lipinski definition) is 2. The molecule has 0 aromatic heterocycles. The van der Waals surface area contributed by atoms with Gasteiger partial charge in [-0.1, -0.05) is 17.7 Å². The number of anilines is 1. The lowest BCUT2D eigenvalue weighted by Gasteiger charge is -2.33. The molecular formula is C19H19ClN2O5. The maximum atomic E-state index is 12.7. The van der Waals surface area contributed by atoms with E-state index in [1.807, 2.05) is 0 Å². The second-order valence-corrected chi connectivity index (χ2v) is 6.54. The number of benzene rings is 2. The van der Waals surface area contributed by atoms with Crippen molar-refractivity contribution in [3.05, 3.63) is 47.0 Å².